The number of benzene rings is 2. The molecule has 0 aliphatic rings. The summed E-state index contributed by atoms with van der Waals surface area (Å²) >= 11 is 0. The molecule has 38 heavy (non-hydrogen) atoms. The summed E-state index contributed by atoms with van der Waals surface area (Å²) in [5.74, 6) is -3.23. The van der Waals surface area contributed by atoms with Gasteiger partial charge in [0.15, 0.2) is 13.2 Å². The largest absolute Gasteiger partial charge is 0.463 e. The second kappa shape index (κ2) is 15.0. The van der Waals surface area contributed by atoms with Crippen LogP contribution in [0, 0.1) is 5.41 Å². The third kappa shape index (κ3) is 8.53. The van der Waals surface area contributed by atoms with E-state index >= 15 is 0 Å². The van der Waals surface area contributed by atoms with Crippen molar-refractivity contribution in [2.45, 2.75) is 52.4 Å². The molecule has 1 unspecified atom stereocenters. The first-order valence-electron chi connectivity index (χ1n) is 12.6. The van der Waals surface area contributed by atoms with E-state index in [1.165, 1.54) is 0 Å². The van der Waals surface area contributed by atoms with Crippen molar-refractivity contribution in [1.29, 1.82) is 0 Å². The first kappa shape index (κ1) is 30.7. The van der Waals surface area contributed by atoms with Crippen LogP contribution in [-0.2, 0) is 33.4 Å². The molecule has 2 aromatic rings. The zero-order valence-corrected chi connectivity index (χ0v) is 22.1. The minimum atomic E-state index is -1.47. The zero-order chi connectivity index (χ0) is 28.1. The lowest BCUT2D eigenvalue weighted by Gasteiger charge is -2.25. The van der Waals surface area contributed by atoms with Gasteiger partial charge in [-0.1, -0.05) is 51.0 Å². The van der Waals surface area contributed by atoms with Crippen molar-refractivity contribution in [2.24, 2.45) is 5.41 Å². The van der Waals surface area contributed by atoms with E-state index in [4.69, 9.17) is 18.9 Å². The lowest BCUT2D eigenvalue weighted by atomic mass is 9.87. The molecular weight excluding hydrogens is 496 g/mol. The van der Waals surface area contributed by atoms with E-state index in [9.17, 15) is 29.4 Å². The van der Waals surface area contributed by atoms with Gasteiger partial charge >= 0.3 is 23.9 Å². The molecule has 0 amide bonds. The molecule has 10 heteroatoms. The van der Waals surface area contributed by atoms with Crippen molar-refractivity contribution < 1.29 is 48.3 Å². The third-order valence-corrected chi connectivity index (χ3v) is 6.30. The minimum Gasteiger partial charge on any atom is -0.463 e. The Bertz CT molecular complexity index is 1100. The van der Waals surface area contributed by atoms with Gasteiger partial charge in [-0.3, -0.25) is 9.59 Å². The molecule has 2 N–H and O–H groups in total. The number of unbranched alkanes of at least 4 members (excludes halogenated alkanes) is 2. The van der Waals surface area contributed by atoms with Gasteiger partial charge in [-0.05, 0) is 48.2 Å². The number of rotatable bonds is 15. The Kier molecular flexibility index (Phi) is 12.2. The molecule has 0 spiro atoms. The van der Waals surface area contributed by atoms with Crippen LogP contribution in [0.25, 0.3) is 10.8 Å². The van der Waals surface area contributed by atoms with Gasteiger partial charge in [-0.15, -0.1) is 0 Å². The summed E-state index contributed by atoms with van der Waals surface area (Å²) in [7, 11) is 0. The predicted molar refractivity (Wildman–Crippen MR) is 137 cm³/mol. The fourth-order valence-electron chi connectivity index (χ4n) is 3.53. The molecular formula is C28H36O10. The highest BCUT2D eigenvalue weighted by atomic mass is 16.6. The molecule has 0 saturated heterocycles. The fourth-order valence-corrected chi connectivity index (χ4v) is 3.53. The molecule has 2 rings (SSSR count). The summed E-state index contributed by atoms with van der Waals surface area (Å²) in [4.78, 5) is 48.5. The molecule has 0 aromatic heterocycles. The number of hydrogen-bond acceptors (Lipinski definition) is 10. The summed E-state index contributed by atoms with van der Waals surface area (Å²) in [5.41, 5.74) is -0.787. The predicted octanol–water partition coefficient (Wildman–Crippen LogP) is 3.05. The maximum atomic E-state index is 12.4. The summed E-state index contributed by atoms with van der Waals surface area (Å²) in [6.07, 6.45) is 2.88. The average Bonchev–Trinajstić information content (AvgIpc) is 2.93. The maximum Gasteiger partial charge on any atom is 0.349 e. The number of carbonyl (C=O) groups is 4. The number of aliphatic hydroxyl groups is 2. The second-order valence-electron chi connectivity index (χ2n) is 9.03. The van der Waals surface area contributed by atoms with Crippen molar-refractivity contribution in [3.05, 3.63) is 42.0 Å². The van der Waals surface area contributed by atoms with E-state index in [-0.39, 0.29) is 12.2 Å². The van der Waals surface area contributed by atoms with Crippen LogP contribution in [0.1, 0.15) is 57.9 Å². The Morgan fingerprint density at radius 2 is 1.50 bits per heavy atom. The molecule has 0 fully saturated rings. The number of aliphatic hydroxyl groups excluding tert-OH is 2. The third-order valence-electron chi connectivity index (χ3n) is 6.30. The molecule has 0 saturated carbocycles. The minimum absolute atomic E-state index is 0.141. The number of fused-ring (bicyclic) bond motifs is 1. The maximum absolute atomic E-state index is 12.4. The van der Waals surface area contributed by atoms with Crippen LogP contribution < -0.4 is 4.74 Å². The summed E-state index contributed by atoms with van der Waals surface area (Å²) < 4.78 is 20.3. The highest BCUT2D eigenvalue weighted by molar-refractivity contribution is 5.88. The van der Waals surface area contributed by atoms with Crippen LogP contribution in [0.5, 0.6) is 5.75 Å². The Hall–Kier alpha value is -3.50. The molecule has 0 radical (unpaired) electrons. The van der Waals surface area contributed by atoms with Crippen LogP contribution >= 0.6 is 0 Å². The highest BCUT2D eigenvalue weighted by Gasteiger charge is 2.37. The normalized spacial score (nSPS) is 12.0. The van der Waals surface area contributed by atoms with Crippen molar-refractivity contribution in [2.75, 3.05) is 33.0 Å². The van der Waals surface area contributed by atoms with Crippen molar-refractivity contribution in [3.63, 3.8) is 0 Å². The summed E-state index contributed by atoms with van der Waals surface area (Å²) in [5, 5.41) is 20.3. The van der Waals surface area contributed by atoms with E-state index in [0.29, 0.717) is 12.2 Å². The van der Waals surface area contributed by atoms with Crippen LogP contribution in [0.4, 0.5) is 0 Å². The van der Waals surface area contributed by atoms with Gasteiger partial charge in [0.05, 0.1) is 25.7 Å². The molecule has 0 bridgehead atoms. The van der Waals surface area contributed by atoms with Crippen LogP contribution in [0.15, 0.2) is 36.4 Å². The van der Waals surface area contributed by atoms with Crippen LogP contribution in [0.3, 0.4) is 0 Å². The molecule has 0 heterocycles. The smallest absolute Gasteiger partial charge is 0.349 e. The Balaban J connectivity index is 1.93. The zero-order valence-electron chi connectivity index (χ0n) is 22.1. The van der Waals surface area contributed by atoms with Gasteiger partial charge in [0.2, 0.25) is 0 Å². The number of esters is 4. The Morgan fingerprint density at radius 1 is 0.842 bits per heavy atom. The molecule has 0 aliphatic carbocycles. The highest BCUT2D eigenvalue weighted by Crippen LogP contribution is 2.26. The van der Waals surface area contributed by atoms with E-state index in [0.717, 1.165) is 30.0 Å². The van der Waals surface area contributed by atoms with Crippen molar-refractivity contribution in [1.82, 2.24) is 0 Å². The quantitative estimate of drug-likeness (QED) is 0.152. The number of hydrogen-bond donors (Lipinski definition) is 2. The van der Waals surface area contributed by atoms with Gasteiger partial charge in [0, 0.05) is 0 Å². The molecule has 0 aliphatic heterocycles. The first-order chi connectivity index (χ1) is 18.2. The van der Waals surface area contributed by atoms with E-state index in [1.807, 2.05) is 6.92 Å². The van der Waals surface area contributed by atoms with Gasteiger partial charge in [-0.2, -0.15) is 0 Å². The Morgan fingerprint density at radius 3 is 2.16 bits per heavy atom. The summed E-state index contributed by atoms with van der Waals surface area (Å²) in [6.45, 7) is 3.31. The van der Waals surface area contributed by atoms with E-state index in [1.54, 1.807) is 50.2 Å². The monoisotopic (exact) mass is 532 g/mol. The topological polar surface area (TPSA) is 146 Å². The van der Waals surface area contributed by atoms with Crippen LogP contribution in [-0.4, -0.2) is 67.1 Å². The lowest BCUT2D eigenvalue weighted by Crippen LogP contribution is -2.40. The summed E-state index contributed by atoms with van der Waals surface area (Å²) in [6, 6.07) is 10.2. The van der Waals surface area contributed by atoms with Gasteiger partial charge in [0.1, 0.15) is 11.2 Å². The number of ether oxygens (including phenoxy) is 4. The van der Waals surface area contributed by atoms with Gasteiger partial charge in [0.25, 0.3) is 0 Å². The van der Waals surface area contributed by atoms with Crippen molar-refractivity contribution >= 4 is 34.6 Å². The van der Waals surface area contributed by atoms with E-state index < -0.39 is 61.6 Å². The van der Waals surface area contributed by atoms with Gasteiger partial charge in [-0.25, -0.2) is 9.59 Å². The van der Waals surface area contributed by atoms with Crippen LogP contribution in [0.2, 0.25) is 0 Å². The first-order valence-corrected chi connectivity index (χ1v) is 12.6. The average molecular weight is 533 g/mol. The molecule has 10 nitrogen and oxygen atoms in total. The lowest BCUT2D eigenvalue weighted by molar-refractivity contribution is -0.167. The standard InChI is InChI=1S/C28H36O10/c1-4-6-7-12-35-24(31)15-36-26(33)19(3)20-8-9-22-14-23(11-10-21(22)13-20)38-25(32)16-37-27(34)28(5-2,17-29)18-30/h8-11,13-14,19,29-30H,4-7,12,15-18H2,1-3H3. The SMILES string of the molecule is CCCCCOC(=O)COC(=O)C(C)c1ccc2cc(OC(=O)COC(=O)C(CC)(CO)CO)ccc2c1. The second-order valence-corrected chi connectivity index (χ2v) is 9.03. The van der Waals surface area contributed by atoms with Gasteiger partial charge < -0.3 is 29.2 Å². The molecule has 1 atom stereocenters. The Labute approximate surface area is 221 Å². The number of carbonyl (C=O) groups excluding carboxylic acids is 4. The molecule has 208 valence electrons. The fraction of sp³-hybridized carbons (Fsp3) is 0.500. The van der Waals surface area contributed by atoms with E-state index in [2.05, 4.69) is 0 Å². The molecule has 2 aromatic carbocycles. The van der Waals surface area contributed by atoms with Crippen molar-refractivity contribution in [3.8, 4) is 5.75 Å².